The molecule has 0 unspecified atom stereocenters. The normalized spacial score (nSPS) is 8.64. The molecule has 1 aromatic rings. The van der Waals surface area contributed by atoms with Crippen molar-refractivity contribution in [2.24, 2.45) is 0 Å². The van der Waals surface area contributed by atoms with E-state index in [1.54, 1.807) is 0 Å². The molecule has 0 aliphatic carbocycles. The van der Waals surface area contributed by atoms with Crippen molar-refractivity contribution in [1.82, 2.24) is 0 Å². The van der Waals surface area contributed by atoms with E-state index in [0.29, 0.717) is 0 Å². The van der Waals surface area contributed by atoms with Crippen LogP contribution < -0.4 is 0 Å². The van der Waals surface area contributed by atoms with Crippen molar-refractivity contribution in [3.8, 4) is 0 Å². The zero-order chi connectivity index (χ0) is 9.84. The summed E-state index contributed by atoms with van der Waals surface area (Å²) in [6, 6.07) is 5.44. The number of hydrogen-bond acceptors (Lipinski definition) is 4. The Balaban J connectivity index is -0.000000563. The van der Waals surface area contributed by atoms with Crippen LogP contribution in [0.2, 0.25) is 0 Å². The topological polar surface area (TPSA) is 83.8 Å². The average molecular weight is 208 g/mol. The van der Waals surface area contributed by atoms with Gasteiger partial charge in [0.05, 0.1) is 11.1 Å². The average Bonchev–Trinajstić information content (AvgIpc) is 2.16. The molecule has 6 heteroatoms. The largest absolute Gasteiger partial charge is 2.00 e. The van der Waals surface area contributed by atoms with Crippen molar-refractivity contribution in [2.45, 2.75) is 0 Å². The number of carbonyl (C=O) groups excluding carboxylic acids is 1. The number of carboxylic acid groups (broad SMARTS) is 1. The van der Waals surface area contributed by atoms with Gasteiger partial charge in [-0.05, 0) is 12.1 Å². The van der Waals surface area contributed by atoms with Crippen LogP contribution in [0.3, 0.4) is 0 Å². The Bertz CT molecular complexity index is 358. The van der Waals surface area contributed by atoms with Crippen molar-refractivity contribution in [3.63, 3.8) is 0 Å². The molecule has 5 nitrogen and oxygen atoms in total. The van der Waals surface area contributed by atoms with Crippen molar-refractivity contribution in [3.05, 3.63) is 35.4 Å². The Morgan fingerprint density at radius 2 is 1.71 bits per heavy atom. The van der Waals surface area contributed by atoms with E-state index < -0.39 is 11.9 Å². The van der Waals surface area contributed by atoms with Gasteiger partial charge < -0.3 is 7.96 Å². The molecule has 1 aromatic carbocycles. The molecule has 14 heavy (non-hydrogen) atoms. The third-order valence-corrected chi connectivity index (χ3v) is 1.46. The summed E-state index contributed by atoms with van der Waals surface area (Å²) < 4.78 is 0. The molecule has 0 fully saturated rings. The van der Waals surface area contributed by atoms with Crippen molar-refractivity contribution >= 4 is 35.0 Å². The maximum atomic E-state index is 10.8. The van der Waals surface area contributed by atoms with Crippen LogP contribution in [0.5, 0.6) is 0 Å². The summed E-state index contributed by atoms with van der Waals surface area (Å²) in [6.45, 7) is 0. The van der Waals surface area contributed by atoms with Gasteiger partial charge in [-0.15, -0.1) is 0 Å². The zero-order valence-electron chi connectivity index (χ0n) is 9.14. The van der Waals surface area contributed by atoms with Gasteiger partial charge in [0.1, 0.15) is 0 Å². The first-order valence-electron chi connectivity index (χ1n) is 3.35. The minimum atomic E-state index is -1.25. The molecule has 0 amide bonds. The van der Waals surface area contributed by atoms with E-state index in [0.717, 1.165) is 0 Å². The molecule has 2 N–H and O–H groups in total. The second-order valence-electron chi connectivity index (χ2n) is 2.23. The third kappa shape index (κ3) is 2.69. The minimum Gasteiger partial charge on any atom is -1.00 e. The molecule has 0 spiro atoms. The SMILES string of the molecule is O=C(O)c1ccccc1C(=O)OO.[H-].[H-].[Mg+2]. The van der Waals surface area contributed by atoms with Crippen LogP contribution in [0.15, 0.2) is 24.3 Å². The number of rotatable bonds is 2. The van der Waals surface area contributed by atoms with Crippen LogP contribution in [0.4, 0.5) is 0 Å². The number of carbonyl (C=O) groups is 2. The summed E-state index contributed by atoms with van der Waals surface area (Å²) in [5.41, 5.74) is -0.390. The van der Waals surface area contributed by atoms with Crippen LogP contribution in [0.25, 0.3) is 0 Å². The molecular formula is C8H8MgO5. The van der Waals surface area contributed by atoms with E-state index in [-0.39, 0.29) is 37.0 Å². The van der Waals surface area contributed by atoms with Crippen LogP contribution in [-0.4, -0.2) is 45.4 Å². The summed E-state index contributed by atoms with van der Waals surface area (Å²) in [4.78, 5) is 24.8. The Kier molecular flexibility index (Phi) is 5.14. The Morgan fingerprint density at radius 1 is 1.21 bits per heavy atom. The molecule has 1 rings (SSSR count). The minimum absolute atomic E-state index is 0. The van der Waals surface area contributed by atoms with Gasteiger partial charge in [-0.3, -0.25) is 4.89 Å². The number of carboxylic acids is 1. The summed E-state index contributed by atoms with van der Waals surface area (Å²) >= 11 is 0. The Morgan fingerprint density at radius 3 is 2.14 bits per heavy atom. The quantitative estimate of drug-likeness (QED) is 0.428. The first-order chi connectivity index (χ1) is 6.16. The molecule has 0 aromatic heterocycles. The van der Waals surface area contributed by atoms with Crippen LogP contribution in [-0.2, 0) is 4.89 Å². The molecular weight excluding hydrogens is 200 g/mol. The summed E-state index contributed by atoms with van der Waals surface area (Å²) in [6.07, 6.45) is 0. The van der Waals surface area contributed by atoms with Gasteiger partial charge >= 0.3 is 35.0 Å². The van der Waals surface area contributed by atoms with Crippen LogP contribution in [0.1, 0.15) is 23.6 Å². The molecule has 0 aliphatic rings. The molecule has 0 atom stereocenters. The first-order valence-corrected chi connectivity index (χ1v) is 3.35. The fourth-order valence-electron chi connectivity index (χ4n) is 0.897. The van der Waals surface area contributed by atoms with Crippen LogP contribution >= 0.6 is 0 Å². The van der Waals surface area contributed by atoms with Crippen molar-refractivity contribution < 1.29 is 27.7 Å². The fourth-order valence-corrected chi connectivity index (χ4v) is 0.897. The number of hydrogen-bond donors (Lipinski definition) is 2. The predicted molar refractivity (Wildman–Crippen MR) is 49.4 cm³/mol. The van der Waals surface area contributed by atoms with Gasteiger partial charge in [0.25, 0.3) is 0 Å². The maximum Gasteiger partial charge on any atom is 2.00 e. The van der Waals surface area contributed by atoms with Gasteiger partial charge in [-0.25, -0.2) is 9.59 Å². The second kappa shape index (κ2) is 5.58. The molecule has 0 heterocycles. The molecule has 0 saturated carbocycles. The monoisotopic (exact) mass is 208 g/mol. The molecule has 0 saturated heterocycles. The van der Waals surface area contributed by atoms with Gasteiger partial charge in [0.15, 0.2) is 0 Å². The van der Waals surface area contributed by atoms with Crippen molar-refractivity contribution in [2.75, 3.05) is 0 Å². The molecule has 72 valence electrons. The fraction of sp³-hybridized carbons (Fsp3) is 0. The van der Waals surface area contributed by atoms with E-state index in [4.69, 9.17) is 10.4 Å². The number of benzene rings is 1. The Hall–Kier alpha value is -1.11. The second-order valence-corrected chi connectivity index (χ2v) is 2.23. The number of aromatic carboxylic acids is 1. The smallest absolute Gasteiger partial charge is 1.00 e. The van der Waals surface area contributed by atoms with Gasteiger partial charge in [0, 0.05) is 0 Å². The van der Waals surface area contributed by atoms with Crippen molar-refractivity contribution in [1.29, 1.82) is 0 Å². The van der Waals surface area contributed by atoms with E-state index in [2.05, 4.69) is 4.89 Å². The first kappa shape index (κ1) is 12.9. The van der Waals surface area contributed by atoms with Gasteiger partial charge in [0.2, 0.25) is 0 Å². The molecule has 0 aliphatic heterocycles. The van der Waals surface area contributed by atoms with E-state index in [1.807, 2.05) is 0 Å². The summed E-state index contributed by atoms with van der Waals surface area (Å²) in [5, 5.41) is 16.7. The van der Waals surface area contributed by atoms with E-state index >= 15 is 0 Å². The van der Waals surface area contributed by atoms with E-state index in [1.165, 1.54) is 24.3 Å². The van der Waals surface area contributed by atoms with Gasteiger partial charge in [-0.1, -0.05) is 12.1 Å². The van der Waals surface area contributed by atoms with Crippen LogP contribution in [0, 0.1) is 0 Å². The summed E-state index contributed by atoms with van der Waals surface area (Å²) in [7, 11) is 0. The third-order valence-electron chi connectivity index (χ3n) is 1.46. The predicted octanol–water partition coefficient (Wildman–Crippen LogP) is 0.859. The maximum absolute atomic E-state index is 10.8. The Labute approximate surface area is 98.4 Å². The van der Waals surface area contributed by atoms with Gasteiger partial charge in [-0.2, -0.15) is 5.26 Å². The van der Waals surface area contributed by atoms with E-state index in [9.17, 15) is 9.59 Å². The standard InChI is InChI=1S/C8H6O5.Mg.2H/c9-7(10)5-3-1-2-4-6(5)8(11)13-12;;;/h1-4,12H,(H,9,10);;;/q;+2;2*-1. The molecule has 0 bridgehead atoms. The summed E-state index contributed by atoms with van der Waals surface area (Å²) in [5.74, 6) is -2.33. The zero-order valence-corrected chi connectivity index (χ0v) is 8.55. The molecule has 0 radical (unpaired) electrons.